The van der Waals surface area contributed by atoms with Gasteiger partial charge in [0.05, 0.1) is 11.4 Å². The molecule has 0 fully saturated rings. The zero-order chi connectivity index (χ0) is 13.3. The maximum Gasteiger partial charge on any atom is 0.146 e. The van der Waals surface area contributed by atoms with Crippen LogP contribution in [-0.2, 0) is 0 Å². The average Bonchev–Trinajstić information content (AvgIpc) is 2.35. The SMILES string of the molecule is Cc1nc(N(C)c2cc(Cl)ccc2F)ccc1Br. The highest BCUT2D eigenvalue weighted by molar-refractivity contribution is 9.10. The number of nitrogens with zero attached hydrogens (tertiary/aromatic N) is 2. The molecule has 2 nitrogen and oxygen atoms in total. The number of hydrogen-bond donors (Lipinski definition) is 0. The van der Waals surface area contributed by atoms with Crippen LogP contribution in [0.4, 0.5) is 15.9 Å². The summed E-state index contributed by atoms with van der Waals surface area (Å²) in [6.45, 7) is 1.88. The standard InChI is InChI=1S/C13H11BrClFN2/c1-8-10(14)4-6-13(17-8)18(2)12-7-9(15)3-5-11(12)16/h3-7H,1-2H3. The maximum atomic E-state index is 13.7. The zero-order valence-corrected chi connectivity index (χ0v) is 12.3. The second-order valence-corrected chi connectivity index (χ2v) is 5.18. The van der Waals surface area contributed by atoms with Crippen molar-refractivity contribution in [3.05, 3.63) is 51.3 Å². The third-order valence-corrected chi connectivity index (χ3v) is 3.69. The quantitative estimate of drug-likeness (QED) is 0.793. The first-order valence-corrected chi connectivity index (χ1v) is 6.48. The molecule has 0 radical (unpaired) electrons. The summed E-state index contributed by atoms with van der Waals surface area (Å²) >= 11 is 9.27. The molecule has 0 aliphatic rings. The molecular weight excluding hydrogens is 319 g/mol. The number of aryl methyl sites for hydroxylation is 1. The number of anilines is 2. The fraction of sp³-hybridized carbons (Fsp3) is 0.154. The van der Waals surface area contributed by atoms with Gasteiger partial charge in [-0.15, -0.1) is 0 Å². The van der Waals surface area contributed by atoms with Crippen molar-refractivity contribution in [2.75, 3.05) is 11.9 Å². The molecule has 0 spiro atoms. The molecule has 0 amide bonds. The van der Waals surface area contributed by atoms with Gasteiger partial charge >= 0.3 is 0 Å². The van der Waals surface area contributed by atoms with Crippen molar-refractivity contribution in [1.29, 1.82) is 0 Å². The molecule has 18 heavy (non-hydrogen) atoms. The molecule has 0 saturated carbocycles. The predicted octanol–water partition coefficient (Wildman–Crippen LogP) is 4.71. The zero-order valence-electron chi connectivity index (χ0n) is 9.92. The van der Waals surface area contributed by atoms with E-state index in [4.69, 9.17) is 11.6 Å². The molecule has 94 valence electrons. The molecule has 5 heteroatoms. The monoisotopic (exact) mass is 328 g/mol. The van der Waals surface area contributed by atoms with Crippen LogP contribution < -0.4 is 4.90 Å². The highest BCUT2D eigenvalue weighted by Crippen LogP contribution is 2.28. The molecule has 0 unspecified atom stereocenters. The van der Waals surface area contributed by atoms with E-state index in [0.717, 1.165) is 10.2 Å². The summed E-state index contributed by atoms with van der Waals surface area (Å²) < 4.78 is 14.7. The van der Waals surface area contributed by atoms with Gasteiger partial charge in [0.2, 0.25) is 0 Å². The summed E-state index contributed by atoms with van der Waals surface area (Å²) in [5.74, 6) is 0.334. The normalized spacial score (nSPS) is 10.5. The second kappa shape index (κ2) is 5.24. The number of rotatable bonds is 2. The van der Waals surface area contributed by atoms with Crippen LogP contribution in [0, 0.1) is 12.7 Å². The van der Waals surface area contributed by atoms with Gasteiger partial charge in [-0.3, -0.25) is 0 Å². The van der Waals surface area contributed by atoms with E-state index >= 15 is 0 Å². The molecule has 2 rings (SSSR count). The van der Waals surface area contributed by atoms with E-state index in [9.17, 15) is 4.39 Å². The van der Waals surface area contributed by atoms with Crippen molar-refractivity contribution in [1.82, 2.24) is 4.98 Å². The first-order valence-electron chi connectivity index (χ1n) is 5.31. The van der Waals surface area contributed by atoms with E-state index in [0.29, 0.717) is 16.5 Å². The fourth-order valence-electron chi connectivity index (χ4n) is 1.58. The maximum absolute atomic E-state index is 13.7. The Morgan fingerprint density at radius 3 is 2.67 bits per heavy atom. The van der Waals surface area contributed by atoms with Crippen LogP contribution >= 0.6 is 27.5 Å². The van der Waals surface area contributed by atoms with Crippen LogP contribution in [0.1, 0.15) is 5.69 Å². The van der Waals surface area contributed by atoms with Gasteiger partial charge in [0.1, 0.15) is 11.6 Å². The first kappa shape index (κ1) is 13.3. The molecule has 0 saturated heterocycles. The highest BCUT2D eigenvalue weighted by atomic mass is 79.9. The smallest absolute Gasteiger partial charge is 0.146 e. The number of hydrogen-bond acceptors (Lipinski definition) is 2. The Hall–Kier alpha value is -1.13. The minimum Gasteiger partial charge on any atom is -0.327 e. The average molecular weight is 330 g/mol. The summed E-state index contributed by atoms with van der Waals surface area (Å²) in [5, 5.41) is 0.493. The Bertz CT molecular complexity index is 589. The number of halogens is 3. The Balaban J connectivity index is 2.44. The van der Waals surface area contributed by atoms with Gasteiger partial charge < -0.3 is 4.90 Å². The molecule has 1 heterocycles. The number of aromatic nitrogens is 1. The van der Waals surface area contributed by atoms with Crippen LogP contribution in [0.2, 0.25) is 5.02 Å². The Labute approximate surface area is 119 Å². The van der Waals surface area contributed by atoms with Crippen molar-refractivity contribution in [2.24, 2.45) is 0 Å². The lowest BCUT2D eigenvalue weighted by molar-refractivity contribution is 0.627. The molecule has 0 aliphatic carbocycles. The van der Waals surface area contributed by atoms with Crippen LogP contribution in [0.3, 0.4) is 0 Å². The highest BCUT2D eigenvalue weighted by Gasteiger charge is 2.12. The summed E-state index contributed by atoms with van der Waals surface area (Å²) in [4.78, 5) is 6.06. The van der Waals surface area contributed by atoms with E-state index in [1.165, 1.54) is 12.1 Å². The lowest BCUT2D eigenvalue weighted by Gasteiger charge is -2.19. The van der Waals surface area contributed by atoms with Crippen LogP contribution in [0.15, 0.2) is 34.8 Å². The Morgan fingerprint density at radius 1 is 1.28 bits per heavy atom. The third-order valence-electron chi connectivity index (χ3n) is 2.62. The van der Waals surface area contributed by atoms with Crippen LogP contribution in [-0.4, -0.2) is 12.0 Å². The van der Waals surface area contributed by atoms with Crippen molar-refractivity contribution in [2.45, 2.75) is 6.92 Å². The Kier molecular flexibility index (Phi) is 3.88. The molecule has 1 aromatic heterocycles. The van der Waals surface area contributed by atoms with Crippen LogP contribution in [0.5, 0.6) is 0 Å². The lowest BCUT2D eigenvalue weighted by atomic mass is 10.2. The van der Waals surface area contributed by atoms with Gasteiger partial charge in [-0.05, 0) is 53.2 Å². The first-order chi connectivity index (χ1) is 8.49. The summed E-state index contributed by atoms with van der Waals surface area (Å²) in [7, 11) is 1.75. The molecule has 2 aromatic rings. The number of pyridine rings is 1. The van der Waals surface area contributed by atoms with E-state index in [2.05, 4.69) is 20.9 Å². The molecule has 0 bridgehead atoms. The predicted molar refractivity (Wildman–Crippen MR) is 76.1 cm³/mol. The van der Waals surface area contributed by atoms with Gasteiger partial charge in [-0.2, -0.15) is 0 Å². The van der Waals surface area contributed by atoms with Crippen LogP contribution in [0.25, 0.3) is 0 Å². The van der Waals surface area contributed by atoms with E-state index < -0.39 is 0 Å². The van der Waals surface area contributed by atoms with E-state index in [1.54, 1.807) is 18.0 Å². The lowest BCUT2D eigenvalue weighted by Crippen LogP contribution is -2.13. The second-order valence-electron chi connectivity index (χ2n) is 3.89. The molecule has 0 atom stereocenters. The van der Waals surface area contributed by atoms with Crippen molar-refractivity contribution < 1.29 is 4.39 Å². The molecule has 0 N–H and O–H groups in total. The molecule has 1 aromatic carbocycles. The summed E-state index contributed by atoms with van der Waals surface area (Å²) in [6.07, 6.45) is 0. The Morgan fingerprint density at radius 2 is 2.00 bits per heavy atom. The van der Waals surface area contributed by atoms with E-state index in [-0.39, 0.29) is 5.82 Å². The van der Waals surface area contributed by atoms with Gasteiger partial charge in [0.15, 0.2) is 0 Å². The molecular formula is C13H11BrClFN2. The van der Waals surface area contributed by atoms with E-state index in [1.807, 2.05) is 19.1 Å². The number of benzene rings is 1. The summed E-state index contributed by atoms with van der Waals surface area (Å²) in [6, 6.07) is 8.15. The summed E-state index contributed by atoms with van der Waals surface area (Å²) in [5.41, 5.74) is 1.25. The molecule has 0 aliphatic heterocycles. The fourth-order valence-corrected chi connectivity index (χ4v) is 1.97. The van der Waals surface area contributed by atoms with Crippen molar-refractivity contribution in [3.8, 4) is 0 Å². The van der Waals surface area contributed by atoms with Gasteiger partial charge in [-0.25, -0.2) is 9.37 Å². The van der Waals surface area contributed by atoms with Crippen molar-refractivity contribution >= 4 is 39.0 Å². The minimum atomic E-state index is -0.329. The van der Waals surface area contributed by atoms with Gasteiger partial charge in [0, 0.05) is 16.5 Å². The van der Waals surface area contributed by atoms with Gasteiger partial charge in [-0.1, -0.05) is 11.6 Å². The largest absolute Gasteiger partial charge is 0.327 e. The van der Waals surface area contributed by atoms with Crippen molar-refractivity contribution in [3.63, 3.8) is 0 Å². The minimum absolute atomic E-state index is 0.329. The topological polar surface area (TPSA) is 16.1 Å². The van der Waals surface area contributed by atoms with Gasteiger partial charge in [0.25, 0.3) is 0 Å². The third kappa shape index (κ3) is 2.65.